The normalized spacial score (nSPS) is 10.9. The van der Waals surface area contributed by atoms with Crippen molar-refractivity contribution in [2.75, 3.05) is 5.32 Å². The lowest BCUT2D eigenvalue weighted by molar-refractivity contribution is 0.102. The van der Waals surface area contributed by atoms with Gasteiger partial charge in [-0.05, 0) is 47.5 Å². The standard InChI is InChI=1S/C22H17NO2S2/c1-13-3-5-15(6-4-13)18-12-27-22(20(18)14(2)24)23-21(25)17-7-8-19-16(11-17)9-10-26-19/h3-12,24H,2H2,1H3,(H,23,25). The summed E-state index contributed by atoms with van der Waals surface area (Å²) < 4.78 is 1.15. The number of nitrogens with one attached hydrogen (secondary N) is 1. The number of carbonyl (C=O) groups is 1. The largest absolute Gasteiger partial charge is 0.508 e. The second kappa shape index (κ2) is 7.02. The van der Waals surface area contributed by atoms with E-state index in [-0.39, 0.29) is 11.7 Å². The van der Waals surface area contributed by atoms with Gasteiger partial charge in [0.1, 0.15) is 10.8 Å². The zero-order valence-corrected chi connectivity index (χ0v) is 16.3. The van der Waals surface area contributed by atoms with Crippen molar-refractivity contribution < 1.29 is 9.90 Å². The van der Waals surface area contributed by atoms with Gasteiger partial charge >= 0.3 is 0 Å². The second-order valence-electron chi connectivity index (χ2n) is 6.29. The summed E-state index contributed by atoms with van der Waals surface area (Å²) in [5.41, 5.74) is 4.14. The molecule has 134 valence electrons. The highest BCUT2D eigenvalue weighted by molar-refractivity contribution is 7.17. The van der Waals surface area contributed by atoms with E-state index in [1.54, 1.807) is 11.3 Å². The minimum absolute atomic E-state index is 0.0598. The van der Waals surface area contributed by atoms with Gasteiger partial charge in [-0.2, -0.15) is 0 Å². The van der Waals surface area contributed by atoms with E-state index in [9.17, 15) is 9.90 Å². The highest BCUT2D eigenvalue weighted by Gasteiger charge is 2.18. The predicted molar refractivity (Wildman–Crippen MR) is 116 cm³/mol. The molecule has 0 aliphatic heterocycles. The summed E-state index contributed by atoms with van der Waals surface area (Å²) in [5.74, 6) is -0.265. The first-order valence-corrected chi connectivity index (χ1v) is 10.1. The van der Waals surface area contributed by atoms with Crippen LogP contribution in [0.1, 0.15) is 21.5 Å². The lowest BCUT2D eigenvalue weighted by Crippen LogP contribution is -2.11. The molecule has 0 radical (unpaired) electrons. The minimum atomic E-state index is -0.206. The molecule has 0 atom stereocenters. The average Bonchev–Trinajstić information content (AvgIpc) is 3.28. The Morgan fingerprint density at radius 3 is 2.59 bits per heavy atom. The molecule has 0 saturated carbocycles. The van der Waals surface area contributed by atoms with Crippen LogP contribution in [-0.2, 0) is 0 Å². The molecule has 0 unspecified atom stereocenters. The molecule has 27 heavy (non-hydrogen) atoms. The van der Waals surface area contributed by atoms with Gasteiger partial charge in [-0.15, -0.1) is 22.7 Å². The molecule has 1 amide bonds. The van der Waals surface area contributed by atoms with Crippen LogP contribution < -0.4 is 5.32 Å². The van der Waals surface area contributed by atoms with Crippen LogP contribution in [0.4, 0.5) is 5.00 Å². The first-order chi connectivity index (χ1) is 13.0. The van der Waals surface area contributed by atoms with Gasteiger partial charge in [0, 0.05) is 21.2 Å². The Labute approximate surface area is 165 Å². The monoisotopic (exact) mass is 391 g/mol. The van der Waals surface area contributed by atoms with E-state index in [2.05, 4.69) is 11.9 Å². The molecule has 0 aliphatic carbocycles. The zero-order chi connectivity index (χ0) is 19.0. The van der Waals surface area contributed by atoms with Crippen molar-refractivity contribution in [2.45, 2.75) is 6.92 Å². The van der Waals surface area contributed by atoms with Crippen LogP contribution in [0, 0.1) is 6.92 Å². The van der Waals surface area contributed by atoms with Gasteiger partial charge in [0.05, 0.1) is 5.56 Å². The summed E-state index contributed by atoms with van der Waals surface area (Å²) in [6, 6.07) is 15.7. The summed E-state index contributed by atoms with van der Waals surface area (Å²) in [4.78, 5) is 12.7. The van der Waals surface area contributed by atoms with Crippen molar-refractivity contribution in [3.63, 3.8) is 0 Å². The minimum Gasteiger partial charge on any atom is -0.508 e. The number of fused-ring (bicyclic) bond motifs is 1. The Morgan fingerprint density at radius 2 is 1.85 bits per heavy atom. The lowest BCUT2D eigenvalue weighted by Gasteiger charge is -2.09. The van der Waals surface area contributed by atoms with Crippen LogP contribution in [0.2, 0.25) is 0 Å². The maximum Gasteiger partial charge on any atom is 0.256 e. The SMILES string of the molecule is C=C(O)c1c(-c2ccc(C)cc2)csc1NC(=O)c1ccc2sccc2c1. The molecular formula is C22H17NO2S2. The van der Waals surface area contributed by atoms with Crippen LogP contribution >= 0.6 is 22.7 Å². The highest BCUT2D eigenvalue weighted by atomic mass is 32.1. The molecular weight excluding hydrogens is 374 g/mol. The Kier molecular flexibility index (Phi) is 4.56. The third kappa shape index (κ3) is 3.39. The number of aryl methyl sites for hydroxylation is 1. The number of rotatable bonds is 4. The summed E-state index contributed by atoms with van der Waals surface area (Å²) in [6.07, 6.45) is 0. The van der Waals surface area contributed by atoms with E-state index in [1.165, 1.54) is 11.3 Å². The topological polar surface area (TPSA) is 49.3 Å². The first kappa shape index (κ1) is 17.5. The molecule has 2 heterocycles. The van der Waals surface area contributed by atoms with E-state index in [0.717, 1.165) is 26.8 Å². The van der Waals surface area contributed by atoms with E-state index in [4.69, 9.17) is 0 Å². The van der Waals surface area contributed by atoms with E-state index >= 15 is 0 Å². The van der Waals surface area contributed by atoms with Gasteiger partial charge in [0.25, 0.3) is 5.91 Å². The number of aliphatic hydroxyl groups is 1. The first-order valence-electron chi connectivity index (χ1n) is 8.38. The van der Waals surface area contributed by atoms with Crippen molar-refractivity contribution in [3.8, 4) is 11.1 Å². The van der Waals surface area contributed by atoms with Crippen LogP contribution in [0.15, 0.2) is 65.9 Å². The number of aliphatic hydroxyl groups excluding tert-OH is 1. The fourth-order valence-electron chi connectivity index (χ4n) is 2.97. The van der Waals surface area contributed by atoms with Crippen LogP contribution in [0.3, 0.4) is 0 Å². The number of thiophene rings is 2. The van der Waals surface area contributed by atoms with Gasteiger partial charge in [0.15, 0.2) is 0 Å². The molecule has 0 saturated heterocycles. The summed E-state index contributed by atoms with van der Waals surface area (Å²) in [7, 11) is 0. The van der Waals surface area contributed by atoms with Gasteiger partial charge in [0.2, 0.25) is 0 Å². The molecule has 0 aliphatic rings. The van der Waals surface area contributed by atoms with Crippen molar-refractivity contribution >= 4 is 49.4 Å². The highest BCUT2D eigenvalue weighted by Crippen LogP contribution is 2.39. The Balaban J connectivity index is 1.68. The predicted octanol–water partition coefficient (Wildman–Crippen LogP) is 6.72. The molecule has 5 heteroatoms. The van der Waals surface area contributed by atoms with Crippen molar-refractivity contribution in [3.05, 3.63) is 82.6 Å². The quantitative estimate of drug-likeness (QED) is 0.379. The number of benzene rings is 2. The van der Waals surface area contributed by atoms with Gasteiger partial charge < -0.3 is 10.4 Å². The van der Waals surface area contributed by atoms with Crippen LogP contribution in [0.5, 0.6) is 0 Å². The molecule has 4 rings (SSSR count). The van der Waals surface area contributed by atoms with E-state index in [1.807, 2.05) is 66.2 Å². The molecule has 3 nitrogen and oxygen atoms in total. The summed E-state index contributed by atoms with van der Waals surface area (Å²) >= 11 is 3.03. The molecule has 0 bridgehead atoms. The number of anilines is 1. The van der Waals surface area contributed by atoms with Crippen LogP contribution in [0.25, 0.3) is 27.0 Å². The second-order valence-corrected chi connectivity index (χ2v) is 8.12. The third-order valence-corrected chi connectivity index (χ3v) is 6.18. The number of amides is 1. The van der Waals surface area contributed by atoms with E-state index < -0.39 is 0 Å². The Bertz CT molecular complexity index is 1150. The van der Waals surface area contributed by atoms with Crippen molar-refractivity contribution in [1.29, 1.82) is 0 Å². The van der Waals surface area contributed by atoms with Crippen molar-refractivity contribution in [1.82, 2.24) is 0 Å². The van der Waals surface area contributed by atoms with Gasteiger partial charge in [-0.1, -0.05) is 36.4 Å². The Hall–Kier alpha value is -2.89. The number of carbonyl (C=O) groups excluding carboxylic acids is 1. The molecule has 2 aromatic heterocycles. The third-order valence-electron chi connectivity index (χ3n) is 4.38. The molecule has 0 fully saturated rings. The van der Waals surface area contributed by atoms with E-state index in [0.29, 0.717) is 16.1 Å². The number of hydrogen-bond donors (Lipinski definition) is 2. The fraction of sp³-hybridized carbons (Fsp3) is 0.0455. The number of hydrogen-bond acceptors (Lipinski definition) is 4. The maximum atomic E-state index is 12.7. The molecule has 0 spiro atoms. The molecule has 4 aromatic rings. The fourth-order valence-corrected chi connectivity index (χ4v) is 4.72. The average molecular weight is 392 g/mol. The molecule has 2 aromatic carbocycles. The van der Waals surface area contributed by atoms with Crippen LogP contribution in [-0.4, -0.2) is 11.0 Å². The van der Waals surface area contributed by atoms with Gasteiger partial charge in [-0.25, -0.2) is 0 Å². The molecule has 2 N–H and O–H groups in total. The van der Waals surface area contributed by atoms with Crippen molar-refractivity contribution in [2.24, 2.45) is 0 Å². The zero-order valence-electron chi connectivity index (χ0n) is 14.7. The smallest absolute Gasteiger partial charge is 0.256 e. The maximum absolute atomic E-state index is 12.7. The van der Waals surface area contributed by atoms with Gasteiger partial charge in [-0.3, -0.25) is 4.79 Å². The summed E-state index contributed by atoms with van der Waals surface area (Å²) in [5, 5.41) is 18.7. The Morgan fingerprint density at radius 1 is 1.07 bits per heavy atom. The lowest BCUT2D eigenvalue weighted by atomic mass is 10.0. The summed E-state index contributed by atoms with van der Waals surface area (Å²) in [6.45, 7) is 5.72.